The van der Waals surface area contributed by atoms with Crippen LogP contribution in [0.15, 0.2) is 36.4 Å². The maximum absolute atomic E-state index is 11.9. The lowest BCUT2D eigenvalue weighted by atomic mass is 10.1. The summed E-state index contributed by atoms with van der Waals surface area (Å²) >= 11 is 1.28. The van der Waals surface area contributed by atoms with Gasteiger partial charge in [-0.3, -0.25) is 5.32 Å². The third-order valence-electron chi connectivity index (χ3n) is 2.67. The molecule has 0 unspecified atom stereocenters. The molecule has 0 saturated carbocycles. The lowest BCUT2D eigenvalue weighted by Crippen LogP contribution is -2.27. The van der Waals surface area contributed by atoms with E-state index in [1.54, 1.807) is 0 Å². The van der Waals surface area contributed by atoms with Gasteiger partial charge in [0.15, 0.2) is 0 Å². The van der Waals surface area contributed by atoms with E-state index in [4.69, 9.17) is 8.92 Å². The Morgan fingerprint density at radius 2 is 1.95 bits per heavy atom. The molecule has 4 nitrogen and oxygen atoms in total. The summed E-state index contributed by atoms with van der Waals surface area (Å²) in [5.74, 6) is 0.744. The highest BCUT2D eigenvalue weighted by Gasteiger charge is 2.17. The third kappa shape index (κ3) is 4.29. The van der Waals surface area contributed by atoms with Crippen molar-refractivity contribution in [3.63, 3.8) is 0 Å². The van der Waals surface area contributed by atoms with Gasteiger partial charge >= 0.3 is 6.09 Å². The van der Waals surface area contributed by atoms with Gasteiger partial charge in [0, 0.05) is 11.6 Å². The molecule has 2 aromatic rings. The fourth-order valence-corrected chi connectivity index (χ4v) is 2.22. The highest BCUT2D eigenvalue weighted by Crippen LogP contribution is 2.29. The van der Waals surface area contributed by atoms with Crippen molar-refractivity contribution in [1.82, 2.24) is 0 Å². The third-order valence-corrected chi connectivity index (χ3v) is 3.03. The van der Waals surface area contributed by atoms with Crippen molar-refractivity contribution in [2.45, 2.75) is 26.4 Å². The highest BCUT2D eigenvalue weighted by molar-refractivity contribution is 7.94. The second kappa shape index (κ2) is 6.26. The molecule has 1 amide bonds. The van der Waals surface area contributed by atoms with Gasteiger partial charge in [-0.2, -0.15) is 0 Å². The van der Waals surface area contributed by atoms with E-state index in [1.807, 2.05) is 63.4 Å². The normalized spacial score (nSPS) is 11.2. The van der Waals surface area contributed by atoms with Crippen LogP contribution in [-0.2, 0) is 4.74 Å². The molecule has 0 fully saturated rings. The van der Waals surface area contributed by atoms with Gasteiger partial charge in [0.05, 0.1) is 17.7 Å². The standard InChI is InChI=1S/C16H19NO3S/c1-16(2,3)19-15(18)17-14-7-5-6-11-8-9-12(20-21-4)10-13(11)14/h5-10H,1-4H3,(H,17,18). The van der Waals surface area contributed by atoms with E-state index in [9.17, 15) is 4.79 Å². The van der Waals surface area contributed by atoms with Crippen LogP contribution in [0.5, 0.6) is 5.75 Å². The monoisotopic (exact) mass is 305 g/mol. The topological polar surface area (TPSA) is 47.6 Å². The lowest BCUT2D eigenvalue weighted by molar-refractivity contribution is 0.0636. The Hall–Kier alpha value is -1.88. The summed E-state index contributed by atoms with van der Waals surface area (Å²) in [7, 11) is 0. The molecule has 2 aromatic carbocycles. The fraction of sp³-hybridized carbons (Fsp3) is 0.312. The van der Waals surface area contributed by atoms with E-state index in [-0.39, 0.29) is 0 Å². The van der Waals surface area contributed by atoms with Crippen molar-refractivity contribution in [2.24, 2.45) is 0 Å². The smallest absolute Gasteiger partial charge is 0.412 e. The fourth-order valence-electron chi connectivity index (χ4n) is 1.92. The van der Waals surface area contributed by atoms with Crippen LogP contribution in [0.25, 0.3) is 10.8 Å². The van der Waals surface area contributed by atoms with Crippen LogP contribution >= 0.6 is 12.0 Å². The van der Waals surface area contributed by atoms with E-state index in [1.165, 1.54) is 12.0 Å². The zero-order valence-corrected chi connectivity index (χ0v) is 13.4. The maximum atomic E-state index is 11.9. The van der Waals surface area contributed by atoms with Gasteiger partial charge in [0.2, 0.25) is 0 Å². The van der Waals surface area contributed by atoms with E-state index in [0.717, 1.165) is 16.5 Å². The van der Waals surface area contributed by atoms with Crippen molar-refractivity contribution >= 4 is 34.6 Å². The number of amides is 1. The first-order valence-electron chi connectivity index (χ1n) is 6.62. The van der Waals surface area contributed by atoms with Crippen molar-refractivity contribution < 1.29 is 13.7 Å². The second-order valence-electron chi connectivity index (χ2n) is 5.57. The number of hydrogen-bond donors (Lipinski definition) is 1. The number of ether oxygens (including phenoxy) is 1. The Bertz CT molecular complexity index is 650. The minimum absolute atomic E-state index is 0.466. The molecule has 0 bridgehead atoms. The van der Waals surface area contributed by atoms with E-state index < -0.39 is 11.7 Å². The number of rotatable bonds is 3. The molecule has 0 aromatic heterocycles. The SMILES string of the molecule is CSOc1ccc2cccc(NC(=O)OC(C)(C)C)c2c1. The Morgan fingerprint density at radius 3 is 2.62 bits per heavy atom. The quantitative estimate of drug-likeness (QED) is 0.824. The van der Waals surface area contributed by atoms with Gasteiger partial charge in [-0.15, -0.1) is 0 Å². The Morgan fingerprint density at radius 1 is 1.19 bits per heavy atom. The summed E-state index contributed by atoms with van der Waals surface area (Å²) in [5.41, 5.74) is 0.176. The molecule has 21 heavy (non-hydrogen) atoms. The van der Waals surface area contributed by atoms with Gasteiger partial charge < -0.3 is 8.92 Å². The first-order valence-corrected chi connectivity index (χ1v) is 7.77. The van der Waals surface area contributed by atoms with Gasteiger partial charge in [0.1, 0.15) is 11.4 Å². The number of nitrogens with one attached hydrogen (secondary N) is 1. The molecule has 5 heteroatoms. The van der Waals surface area contributed by atoms with Crippen LogP contribution in [-0.4, -0.2) is 18.0 Å². The molecule has 0 saturated heterocycles. The lowest BCUT2D eigenvalue weighted by Gasteiger charge is -2.20. The summed E-state index contributed by atoms with van der Waals surface area (Å²) in [5, 5.41) is 4.72. The predicted molar refractivity (Wildman–Crippen MR) is 87.9 cm³/mol. The van der Waals surface area contributed by atoms with Crippen LogP contribution in [0, 0.1) is 0 Å². The molecule has 1 N–H and O–H groups in total. The summed E-state index contributed by atoms with van der Waals surface area (Å²) in [6, 6.07) is 11.5. The summed E-state index contributed by atoms with van der Waals surface area (Å²) in [4.78, 5) is 11.9. The van der Waals surface area contributed by atoms with E-state index in [0.29, 0.717) is 5.69 Å². The summed E-state index contributed by atoms with van der Waals surface area (Å²) in [6.45, 7) is 5.50. The van der Waals surface area contributed by atoms with E-state index in [2.05, 4.69) is 5.32 Å². The molecule has 0 radical (unpaired) electrons. The molecule has 0 spiro atoms. The zero-order valence-electron chi connectivity index (χ0n) is 12.6. The molecule has 112 valence electrons. The predicted octanol–water partition coefficient (Wildman–Crippen LogP) is 4.84. The molecular formula is C16H19NO3S. The van der Waals surface area contributed by atoms with Crippen molar-refractivity contribution in [3.8, 4) is 5.75 Å². The van der Waals surface area contributed by atoms with Crippen LogP contribution in [0.2, 0.25) is 0 Å². The molecule has 0 heterocycles. The summed E-state index contributed by atoms with van der Waals surface area (Å²) in [6.07, 6.45) is 1.39. The summed E-state index contributed by atoms with van der Waals surface area (Å²) < 4.78 is 10.7. The first kappa shape index (κ1) is 15.5. The number of benzene rings is 2. The van der Waals surface area contributed by atoms with Gasteiger partial charge in [-0.25, -0.2) is 4.79 Å². The second-order valence-corrected chi connectivity index (χ2v) is 6.07. The van der Waals surface area contributed by atoms with Gasteiger partial charge in [-0.05, 0) is 44.4 Å². The number of hydrogen-bond acceptors (Lipinski definition) is 4. The Labute approximate surface area is 129 Å². The molecule has 0 aliphatic rings. The average Bonchev–Trinajstić information content (AvgIpc) is 2.37. The van der Waals surface area contributed by atoms with Gasteiger partial charge in [-0.1, -0.05) is 18.2 Å². The highest BCUT2D eigenvalue weighted by atomic mass is 32.2. The number of fused-ring (bicyclic) bond motifs is 1. The van der Waals surface area contributed by atoms with Gasteiger partial charge in [0.25, 0.3) is 0 Å². The minimum atomic E-state index is -0.526. The Kier molecular flexibility index (Phi) is 4.63. The van der Waals surface area contributed by atoms with Crippen molar-refractivity contribution in [1.29, 1.82) is 0 Å². The number of carbonyl (C=O) groups is 1. The minimum Gasteiger partial charge on any atom is -0.444 e. The van der Waals surface area contributed by atoms with Crippen molar-refractivity contribution in [2.75, 3.05) is 11.6 Å². The van der Waals surface area contributed by atoms with Crippen LogP contribution in [0.3, 0.4) is 0 Å². The number of carbonyl (C=O) groups excluding carboxylic acids is 1. The van der Waals surface area contributed by atoms with Crippen LogP contribution in [0.1, 0.15) is 20.8 Å². The van der Waals surface area contributed by atoms with Crippen LogP contribution in [0.4, 0.5) is 10.5 Å². The first-order chi connectivity index (χ1) is 9.89. The van der Waals surface area contributed by atoms with Crippen LogP contribution < -0.4 is 9.50 Å². The Balaban J connectivity index is 2.30. The van der Waals surface area contributed by atoms with Crippen molar-refractivity contribution in [3.05, 3.63) is 36.4 Å². The molecular weight excluding hydrogens is 286 g/mol. The molecule has 0 aliphatic heterocycles. The number of anilines is 1. The van der Waals surface area contributed by atoms with E-state index >= 15 is 0 Å². The zero-order chi connectivity index (χ0) is 15.5. The molecule has 0 aliphatic carbocycles. The molecule has 2 rings (SSSR count). The maximum Gasteiger partial charge on any atom is 0.412 e. The average molecular weight is 305 g/mol. The molecule has 0 atom stereocenters. The largest absolute Gasteiger partial charge is 0.444 e.